The molecular formula is C16H21BrN4OS2. The molecule has 1 aliphatic rings. The molecule has 0 bridgehead atoms. The molecule has 1 N–H and O–H groups in total. The number of nitrogens with one attached hydrogen (secondary N) is 1. The van der Waals surface area contributed by atoms with Gasteiger partial charge in [-0.05, 0) is 35.0 Å². The second kappa shape index (κ2) is 8.42. The van der Waals surface area contributed by atoms with Gasteiger partial charge in [0.25, 0.3) is 0 Å². The number of thiazole rings is 1. The van der Waals surface area contributed by atoms with Crippen LogP contribution >= 0.6 is 38.6 Å². The molecule has 8 heteroatoms. The Morgan fingerprint density at radius 3 is 2.75 bits per heavy atom. The molecular weight excluding hydrogens is 408 g/mol. The standard InChI is InChI=1S/C16H21BrN4OS2/c1-12-19-13(11-23-12)4-5-18-16(22)21-8-6-20(7-9-21)10-14-2-3-15(17)24-14/h2-3,11H,4-10H2,1H3,(H,18,22). The fourth-order valence-electron chi connectivity index (χ4n) is 2.70. The molecule has 1 saturated heterocycles. The molecule has 0 saturated carbocycles. The van der Waals surface area contributed by atoms with Crippen LogP contribution in [0.1, 0.15) is 15.6 Å². The van der Waals surface area contributed by atoms with E-state index < -0.39 is 0 Å². The lowest BCUT2D eigenvalue weighted by molar-refractivity contribution is 0.136. The molecule has 0 spiro atoms. The van der Waals surface area contributed by atoms with Crippen LogP contribution in [0.3, 0.4) is 0 Å². The highest BCUT2D eigenvalue weighted by molar-refractivity contribution is 9.11. The summed E-state index contributed by atoms with van der Waals surface area (Å²) in [5.41, 5.74) is 1.06. The zero-order chi connectivity index (χ0) is 16.9. The van der Waals surface area contributed by atoms with Crippen molar-refractivity contribution >= 4 is 44.6 Å². The van der Waals surface area contributed by atoms with Crippen molar-refractivity contribution in [3.63, 3.8) is 0 Å². The Bertz CT molecular complexity index is 679. The average Bonchev–Trinajstić information content (AvgIpc) is 3.16. The molecule has 3 heterocycles. The molecule has 2 aromatic rings. The minimum atomic E-state index is 0.0421. The number of thiophene rings is 1. The van der Waals surface area contributed by atoms with Crippen LogP contribution in [0.25, 0.3) is 0 Å². The van der Waals surface area contributed by atoms with E-state index in [1.807, 2.05) is 11.8 Å². The summed E-state index contributed by atoms with van der Waals surface area (Å²) in [4.78, 5) is 22.3. The highest BCUT2D eigenvalue weighted by Gasteiger charge is 2.21. The fourth-order valence-corrected chi connectivity index (χ4v) is 4.87. The fraction of sp³-hybridized carbons (Fsp3) is 0.500. The predicted octanol–water partition coefficient (Wildman–Crippen LogP) is 3.35. The SMILES string of the molecule is Cc1nc(CCNC(=O)N2CCN(Cc3ccc(Br)s3)CC2)cs1. The third-order valence-electron chi connectivity index (χ3n) is 3.99. The van der Waals surface area contributed by atoms with E-state index in [0.717, 1.165) is 49.8 Å². The quantitative estimate of drug-likeness (QED) is 0.793. The Morgan fingerprint density at radius 1 is 1.33 bits per heavy atom. The molecule has 0 atom stereocenters. The van der Waals surface area contributed by atoms with E-state index in [1.54, 1.807) is 22.7 Å². The van der Waals surface area contributed by atoms with Crippen LogP contribution < -0.4 is 5.32 Å². The lowest BCUT2D eigenvalue weighted by atomic mass is 10.3. The summed E-state index contributed by atoms with van der Waals surface area (Å²) >= 11 is 6.93. The molecule has 3 rings (SSSR count). The molecule has 0 unspecified atom stereocenters. The minimum Gasteiger partial charge on any atom is -0.338 e. The van der Waals surface area contributed by atoms with Gasteiger partial charge in [0.05, 0.1) is 14.5 Å². The van der Waals surface area contributed by atoms with Crippen LogP contribution in [0.5, 0.6) is 0 Å². The Balaban J connectivity index is 1.37. The number of halogens is 1. The number of piperazine rings is 1. The number of carbonyl (C=O) groups excluding carboxylic acids is 1. The van der Waals surface area contributed by atoms with Crippen LogP contribution in [-0.4, -0.2) is 53.5 Å². The lowest BCUT2D eigenvalue weighted by Gasteiger charge is -2.34. The number of hydrogen-bond donors (Lipinski definition) is 1. The molecule has 130 valence electrons. The number of nitrogens with zero attached hydrogens (tertiary/aromatic N) is 3. The Labute approximate surface area is 158 Å². The third kappa shape index (κ3) is 5.02. The third-order valence-corrected chi connectivity index (χ3v) is 6.42. The number of amides is 2. The van der Waals surface area contributed by atoms with Crippen LogP contribution in [0.4, 0.5) is 4.79 Å². The summed E-state index contributed by atoms with van der Waals surface area (Å²) in [6, 6.07) is 4.29. The number of aromatic nitrogens is 1. The zero-order valence-electron chi connectivity index (χ0n) is 13.6. The summed E-state index contributed by atoms with van der Waals surface area (Å²) < 4.78 is 1.17. The van der Waals surface area contributed by atoms with Gasteiger partial charge in [-0.1, -0.05) is 0 Å². The van der Waals surface area contributed by atoms with E-state index in [1.165, 1.54) is 8.66 Å². The summed E-state index contributed by atoms with van der Waals surface area (Å²) in [6.45, 7) is 7.03. The molecule has 0 radical (unpaired) electrons. The molecule has 24 heavy (non-hydrogen) atoms. The van der Waals surface area contributed by atoms with E-state index in [2.05, 4.69) is 48.6 Å². The Morgan fingerprint density at radius 2 is 2.12 bits per heavy atom. The second-order valence-electron chi connectivity index (χ2n) is 5.81. The van der Waals surface area contributed by atoms with Gasteiger partial charge in [0.15, 0.2) is 0 Å². The Hall–Kier alpha value is -0.960. The van der Waals surface area contributed by atoms with Gasteiger partial charge < -0.3 is 10.2 Å². The minimum absolute atomic E-state index is 0.0421. The van der Waals surface area contributed by atoms with E-state index in [-0.39, 0.29) is 6.03 Å². The van der Waals surface area contributed by atoms with Gasteiger partial charge in [-0.15, -0.1) is 22.7 Å². The lowest BCUT2D eigenvalue weighted by Crippen LogP contribution is -2.51. The number of carbonyl (C=O) groups is 1. The van der Waals surface area contributed by atoms with Crippen LogP contribution in [0.15, 0.2) is 21.3 Å². The second-order valence-corrected chi connectivity index (χ2v) is 9.42. The summed E-state index contributed by atoms with van der Waals surface area (Å²) in [6.07, 6.45) is 0.795. The van der Waals surface area contributed by atoms with Crippen LogP contribution in [0.2, 0.25) is 0 Å². The van der Waals surface area contributed by atoms with Crippen LogP contribution in [0, 0.1) is 6.92 Å². The van der Waals surface area contributed by atoms with E-state index in [9.17, 15) is 4.79 Å². The maximum absolute atomic E-state index is 12.2. The summed E-state index contributed by atoms with van der Waals surface area (Å²) in [7, 11) is 0. The first-order valence-corrected chi connectivity index (χ1v) is 10.5. The first kappa shape index (κ1) is 17.8. The maximum atomic E-state index is 12.2. The molecule has 2 aromatic heterocycles. The van der Waals surface area contributed by atoms with E-state index >= 15 is 0 Å². The number of hydrogen-bond acceptors (Lipinski definition) is 5. The molecule has 2 amide bonds. The van der Waals surface area contributed by atoms with Gasteiger partial charge >= 0.3 is 6.03 Å². The van der Waals surface area contributed by atoms with Gasteiger partial charge in [0.2, 0.25) is 0 Å². The van der Waals surface area contributed by atoms with Crippen molar-refractivity contribution in [2.45, 2.75) is 19.9 Å². The zero-order valence-corrected chi connectivity index (χ0v) is 16.8. The van der Waals surface area contributed by atoms with Crippen molar-refractivity contribution in [3.8, 4) is 0 Å². The molecule has 5 nitrogen and oxygen atoms in total. The van der Waals surface area contributed by atoms with Crippen molar-refractivity contribution in [3.05, 3.63) is 36.9 Å². The van der Waals surface area contributed by atoms with Crippen LogP contribution in [-0.2, 0) is 13.0 Å². The van der Waals surface area contributed by atoms with Crippen molar-refractivity contribution in [2.75, 3.05) is 32.7 Å². The van der Waals surface area contributed by atoms with Gasteiger partial charge in [-0.3, -0.25) is 4.90 Å². The number of rotatable bonds is 5. The van der Waals surface area contributed by atoms with E-state index in [4.69, 9.17) is 0 Å². The number of aryl methyl sites for hydroxylation is 1. The smallest absolute Gasteiger partial charge is 0.317 e. The summed E-state index contributed by atoms with van der Waals surface area (Å²) in [5.74, 6) is 0. The molecule has 1 aliphatic heterocycles. The first-order chi connectivity index (χ1) is 11.6. The van der Waals surface area contributed by atoms with Crippen molar-refractivity contribution < 1.29 is 4.79 Å². The van der Waals surface area contributed by atoms with E-state index in [0.29, 0.717) is 6.54 Å². The number of urea groups is 1. The predicted molar refractivity (Wildman–Crippen MR) is 103 cm³/mol. The maximum Gasteiger partial charge on any atom is 0.317 e. The highest BCUT2D eigenvalue weighted by atomic mass is 79.9. The topological polar surface area (TPSA) is 48.5 Å². The van der Waals surface area contributed by atoms with Gasteiger partial charge in [-0.2, -0.15) is 0 Å². The van der Waals surface area contributed by atoms with Gasteiger partial charge in [0.1, 0.15) is 0 Å². The summed E-state index contributed by atoms with van der Waals surface area (Å²) in [5, 5.41) is 6.14. The van der Waals surface area contributed by atoms with Crippen molar-refractivity contribution in [1.82, 2.24) is 20.1 Å². The normalized spacial score (nSPS) is 15.7. The van der Waals surface area contributed by atoms with Gasteiger partial charge in [0, 0.05) is 55.9 Å². The highest BCUT2D eigenvalue weighted by Crippen LogP contribution is 2.23. The Kier molecular flexibility index (Phi) is 6.26. The van der Waals surface area contributed by atoms with Gasteiger partial charge in [-0.25, -0.2) is 9.78 Å². The molecule has 1 fully saturated rings. The average molecular weight is 429 g/mol. The van der Waals surface area contributed by atoms with Crippen molar-refractivity contribution in [2.24, 2.45) is 0 Å². The largest absolute Gasteiger partial charge is 0.338 e. The van der Waals surface area contributed by atoms with Crippen molar-refractivity contribution in [1.29, 1.82) is 0 Å². The first-order valence-electron chi connectivity index (χ1n) is 8.00. The molecule has 0 aliphatic carbocycles. The monoisotopic (exact) mass is 428 g/mol. The molecule has 0 aromatic carbocycles.